The van der Waals surface area contributed by atoms with Crippen LogP contribution in [0.1, 0.15) is 10.6 Å². The van der Waals surface area contributed by atoms with E-state index in [4.69, 9.17) is 0 Å². The number of pyridine rings is 1. The number of hydrogen-bond donors (Lipinski definition) is 2. The van der Waals surface area contributed by atoms with Crippen molar-refractivity contribution >= 4 is 11.3 Å². The Morgan fingerprint density at radius 3 is 2.89 bits per heavy atom. The molecule has 2 rings (SSSR count). The zero-order chi connectivity index (χ0) is 12.6. The minimum atomic E-state index is 0.189. The SMILES string of the molecule is OCC(CNCc1cccs1)Cc1ccccn1. The van der Waals surface area contributed by atoms with Crippen LogP contribution in [0.2, 0.25) is 0 Å². The van der Waals surface area contributed by atoms with Crippen molar-refractivity contribution in [2.45, 2.75) is 13.0 Å². The second kappa shape index (κ2) is 7.26. The summed E-state index contributed by atoms with van der Waals surface area (Å²) in [4.78, 5) is 5.61. The lowest BCUT2D eigenvalue weighted by Crippen LogP contribution is -2.26. The number of aliphatic hydroxyl groups is 1. The summed E-state index contributed by atoms with van der Waals surface area (Å²) in [5, 5.41) is 14.8. The second-order valence-corrected chi connectivity index (χ2v) is 5.32. The van der Waals surface area contributed by atoms with Crippen LogP contribution in [-0.4, -0.2) is 23.2 Å². The predicted octanol–water partition coefficient (Wildman–Crippen LogP) is 2.08. The summed E-state index contributed by atoms with van der Waals surface area (Å²) < 4.78 is 0. The Kier molecular flexibility index (Phi) is 5.33. The van der Waals surface area contributed by atoms with Gasteiger partial charge in [0.25, 0.3) is 0 Å². The first-order chi connectivity index (χ1) is 8.88. The van der Waals surface area contributed by atoms with Gasteiger partial charge in [0.05, 0.1) is 0 Å². The third kappa shape index (κ3) is 4.22. The molecule has 0 amide bonds. The molecule has 0 aliphatic carbocycles. The molecule has 0 spiro atoms. The molecule has 96 valence electrons. The predicted molar refractivity (Wildman–Crippen MR) is 74.5 cm³/mol. The van der Waals surface area contributed by atoms with Crippen LogP contribution in [0.25, 0.3) is 0 Å². The molecular weight excluding hydrogens is 244 g/mol. The van der Waals surface area contributed by atoms with E-state index in [1.54, 1.807) is 17.5 Å². The van der Waals surface area contributed by atoms with Crippen molar-refractivity contribution in [3.8, 4) is 0 Å². The zero-order valence-electron chi connectivity index (χ0n) is 10.2. The van der Waals surface area contributed by atoms with Crippen LogP contribution < -0.4 is 5.32 Å². The van der Waals surface area contributed by atoms with E-state index < -0.39 is 0 Å². The zero-order valence-corrected chi connectivity index (χ0v) is 11.1. The molecule has 0 aliphatic heterocycles. The van der Waals surface area contributed by atoms with Crippen LogP contribution in [0.4, 0.5) is 0 Å². The fourth-order valence-electron chi connectivity index (χ4n) is 1.83. The fraction of sp³-hybridized carbons (Fsp3) is 0.357. The second-order valence-electron chi connectivity index (χ2n) is 4.28. The van der Waals surface area contributed by atoms with Crippen molar-refractivity contribution in [1.82, 2.24) is 10.3 Å². The summed E-state index contributed by atoms with van der Waals surface area (Å²) in [6.07, 6.45) is 2.61. The highest BCUT2D eigenvalue weighted by Crippen LogP contribution is 2.09. The van der Waals surface area contributed by atoms with Crippen LogP contribution in [0.15, 0.2) is 41.9 Å². The third-order valence-corrected chi connectivity index (χ3v) is 3.67. The molecule has 4 heteroatoms. The van der Waals surface area contributed by atoms with E-state index in [0.29, 0.717) is 0 Å². The first-order valence-corrected chi connectivity index (χ1v) is 7.00. The summed E-state index contributed by atoms with van der Waals surface area (Å²) in [5.74, 6) is 0.222. The molecule has 18 heavy (non-hydrogen) atoms. The van der Waals surface area contributed by atoms with E-state index in [9.17, 15) is 5.11 Å². The molecule has 0 bridgehead atoms. The van der Waals surface area contributed by atoms with Crippen molar-refractivity contribution in [1.29, 1.82) is 0 Å². The van der Waals surface area contributed by atoms with Crippen molar-refractivity contribution in [3.63, 3.8) is 0 Å². The van der Waals surface area contributed by atoms with Crippen molar-refractivity contribution < 1.29 is 5.11 Å². The molecule has 0 fully saturated rings. The molecular formula is C14H18N2OS. The molecule has 0 aromatic carbocycles. The minimum Gasteiger partial charge on any atom is -0.396 e. The average Bonchev–Trinajstić information content (AvgIpc) is 2.92. The molecule has 0 radical (unpaired) electrons. The molecule has 3 nitrogen and oxygen atoms in total. The summed E-state index contributed by atoms with van der Waals surface area (Å²) in [7, 11) is 0. The highest BCUT2D eigenvalue weighted by Gasteiger charge is 2.09. The normalized spacial score (nSPS) is 12.5. The lowest BCUT2D eigenvalue weighted by atomic mass is 10.0. The van der Waals surface area contributed by atoms with Gasteiger partial charge in [-0.1, -0.05) is 12.1 Å². The number of thiophene rings is 1. The Morgan fingerprint density at radius 2 is 2.22 bits per heavy atom. The van der Waals surface area contributed by atoms with E-state index in [2.05, 4.69) is 27.8 Å². The molecule has 1 atom stereocenters. The maximum absolute atomic E-state index is 9.38. The van der Waals surface area contributed by atoms with Gasteiger partial charge in [0.15, 0.2) is 0 Å². The number of rotatable bonds is 7. The topological polar surface area (TPSA) is 45.1 Å². The van der Waals surface area contributed by atoms with Crippen LogP contribution in [-0.2, 0) is 13.0 Å². The number of aromatic nitrogens is 1. The Morgan fingerprint density at radius 1 is 1.28 bits per heavy atom. The monoisotopic (exact) mass is 262 g/mol. The van der Waals surface area contributed by atoms with Crippen LogP contribution in [0.5, 0.6) is 0 Å². The summed E-state index contributed by atoms with van der Waals surface area (Å²) in [6.45, 7) is 1.87. The highest BCUT2D eigenvalue weighted by atomic mass is 32.1. The van der Waals surface area contributed by atoms with Gasteiger partial charge in [0.1, 0.15) is 0 Å². The lowest BCUT2D eigenvalue weighted by Gasteiger charge is -2.14. The summed E-state index contributed by atoms with van der Waals surface area (Å²) in [6, 6.07) is 10.1. The smallest absolute Gasteiger partial charge is 0.0475 e. The van der Waals surface area contributed by atoms with Gasteiger partial charge >= 0.3 is 0 Å². The average molecular weight is 262 g/mol. The van der Waals surface area contributed by atoms with Gasteiger partial charge < -0.3 is 10.4 Å². The molecule has 0 saturated heterocycles. The minimum absolute atomic E-state index is 0.189. The van der Waals surface area contributed by atoms with Gasteiger partial charge in [-0.25, -0.2) is 0 Å². The van der Waals surface area contributed by atoms with E-state index in [1.807, 2.05) is 18.2 Å². The first-order valence-electron chi connectivity index (χ1n) is 6.12. The van der Waals surface area contributed by atoms with E-state index >= 15 is 0 Å². The fourth-order valence-corrected chi connectivity index (χ4v) is 2.50. The van der Waals surface area contributed by atoms with Crippen molar-refractivity contribution in [3.05, 3.63) is 52.5 Å². The Hall–Kier alpha value is -1.23. The van der Waals surface area contributed by atoms with Gasteiger partial charge in [-0.05, 0) is 35.9 Å². The summed E-state index contributed by atoms with van der Waals surface area (Å²) in [5.41, 5.74) is 1.04. The molecule has 0 aliphatic rings. The molecule has 2 aromatic rings. The Labute approximate surface area is 112 Å². The number of nitrogens with one attached hydrogen (secondary N) is 1. The maximum atomic E-state index is 9.38. The van der Waals surface area contributed by atoms with Gasteiger partial charge in [-0.3, -0.25) is 4.98 Å². The molecule has 2 N–H and O–H groups in total. The maximum Gasteiger partial charge on any atom is 0.0475 e. The largest absolute Gasteiger partial charge is 0.396 e. The van der Waals surface area contributed by atoms with E-state index in [-0.39, 0.29) is 12.5 Å². The highest BCUT2D eigenvalue weighted by molar-refractivity contribution is 7.09. The standard InChI is InChI=1S/C14H18N2OS/c17-11-12(8-13-4-1-2-6-16-13)9-15-10-14-5-3-7-18-14/h1-7,12,15,17H,8-11H2. The lowest BCUT2D eigenvalue weighted by molar-refractivity contribution is 0.221. The van der Waals surface area contributed by atoms with Crippen LogP contribution in [0, 0.1) is 5.92 Å². The van der Waals surface area contributed by atoms with Gasteiger partial charge in [-0.15, -0.1) is 11.3 Å². The van der Waals surface area contributed by atoms with Crippen LogP contribution >= 0.6 is 11.3 Å². The molecule has 0 saturated carbocycles. The molecule has 2 heterocycles. The van der Waals surface area contributed by atoms with E-state index in [0.717, 1.165) is 25.2 Å². The molecule has 1 unspecified atom stereocenters. The number of nitrogens with zero attached hydrogens (tertiary/aromatic N) is 1. The van der Waals surface area contributed by atoms with Gasteiger partial charge in [-0.2, -0.15) is 0 Å². The van der Waals surface area contributed by atoms with Gasteiger partial charge in [0, 0.05) is 36.5 Å². The van der Waals surface area contributed by atoms with Crippen molar-refractivity contribution in [2.75, 3.05) is 13.2 Å². The molecule has 2 aromatic heterocycles. The Bertz CT molecular complexity index is 430. The van der Waals surface area contributed by atoms with E-state index in [1.165, 1.54) is 4.88 Å². The quantitative estimate of drug-likeness (QED) is 0.803. The number of hydrogen-bond acceptors (Lipinski definition) is 4. The van der Waals surface area contributed by atoms with Crippen LogP contribution in [0.3, 0.4) is 0 Å². The van der Waals surface area contributed by atoms with Crippen molar-refractivity contribution in [2.24, 2.45) is 5.92 Å². The van der Waals surface area contributed by atoms with Gasteiger partial charge in [0.2, 0.25) is 0 Å². The first kappa shape index (κ1) is 13.2. The Balaban J connectivity index is 1.75. The third-order valence-electron chi connectivity index (χ3n) is 2.79. The summed E-state index contributed by atoms with van der Waals surface area (Å²) >= 11 is 1.75. The number of aliphatic hydroxyl groups excluding tert-OH is 1.